The number of pyridine rings is 1. The van der Waals surface area contributed by atoms with E-state index in [1.807, 2.05) is 13.1 Å². The van der Waals surface area contributed by atoms with Crippen molar-refractivity contribution < 1.29 is 14.7 Å². The van der Waals surface area contributed by atoms with Crippen LogP contribution in [0.15, 0.2) is 24.5 Å². The van der Waals surface area contributed by atoms with Gasteiger partial charge in [0, 0.05) is 6.20 Å². The van der Waals surface area contributed by atoms with E-state index in [9.17, 15) is 0 Å². The van der Waals surface area contributed by atoms with Gasteiger partial charge >= 0.3 is 7.32 Å². The van der Waals surface area contributed by atoms with Crippen LogP contribution in [0, 0.1) is 6.92 Å². The number of hydrogen-bond donors (Lipinski definition) is 2. The van der Waals surface area contributed by atoms with Gasteiger partial charge in [0.15, 0.2) is 0 Å². The molecule has 2 N–H and O–H groups in total. The number of aromatic nitrogens is 2. The SMILES string of the molecule is Cc1cn2cc(OB(O)O)ccc2n1. The highest BCUT2D eigenvalue weighted by Gasteiger charge is 2.11. The second kappa shape index (κ2) is 3.32. The molecule has 0 saturated carbocycles. The van der Waals surface area contributed by atoms with Gasteiger partial charge in [0.25, 0.3) is 0 Å². The van der Waals surface area contributed by atoms with Crippen LogP contribution in [0.2, 0.25) is 0 Å². The summed E-state index contributed by atoms with van der Waals surface area (Å²) < 4.78 is 6.45. The minimum Gasteiger partial charge on any atom is -0.511 e. The van der Waals surface area contributed by atoms with Gasteiger partial charge < -0.3 is 19.1 Å². The first-order valence-corrected chi connectivity index (χ1v) is 4.13. The van der Waals surface area contributed by atoms with E-state index < -0.39 is 7.32 Å². The van der Waals surface area contributed by atoms with Crippen LogP contribution in [-0.2, 0) is 0 Å². The molecule has 0 aliphatic carbocycles. The van der Waals surface area contributed by atoms with Gasteiger partial charge in [-0.15, -0.1) is 0 Å². The van der Waals surface area contributed by atoms with Crippen molar-refractivity contribution in [2.24, 2.45) is 0 Å². The third-order valence-electron chi connectivity index (χ3n) is 1.79. The van der Waals surface area contributed by atoms with Gasteiger partial charge in [-0.2, -0.15) is 0 Å². The molecule has 5 nitrogen and oxygen atoms in total. The molecule has 0 bridgehead atoms. The molecule has 72 valence electrons. The summed E-state index contributed by atoms with van der Waals surface area (Å²) in [6.45, 7) is 1.88. The van der Waals surface area contributed by atoms with Gasteiger partial charge in [-0.25, -0.2) is 4.98 Å². The number of hydrogen-bond acceptors (Lipinski definition) is 4. The molecule has 0 spiro atoms. The zero-order chi connectivity index (χ0) is 10.1. The summed E-state index contributed by atoms with van der Waals surface area (Å²) in [5.74, 6) is 0.380. The molecule has 0 unspecified atom stereocenters. The summed E-state index contributed by atoms with van der Waals surface area (Å²) in [4.78, 5) is 4.22. The Balaban J connectivity index is 2.40. The molecular formula is C8H9BN2O3. The average Bonchev–Trinajstić information content (AvgIpc) is 2.42. The van der Waals surface area contributed by atoms with Crippen LogP contribution in [0.4, 0.5) is 0 Å². The zero-order valence-corrected chi connectivity index (χ0v) is 7.58. The Morgan fingerprint density at radius 3 is 2.86 bits per heavy atom. The third kappa shape index (κ3) is 1.71. The summed E-state index contributed by atoms with van der Waals surface area (Å²) in [5, 5.41) is 17.2. The maximum atomic E-state index is 8.59. The average molecular weight is 192 g/mol. The smallest absolute Gasteiger partial charge is 0.511 e. The molecular weight excluding hydrogens is 183 g/mol. The van der Waals surface area contributed by atoms with E-state index in [0.29, 0.717) is 5.75 Å². The van der Waals surface area contributed by atoms with Crippen LogP contribution in [0.25, 0.3) is 5.65 Å². The van der Waals surface area contributed by atoms with Crippen LogP contribution in [-0.4, -0.2) is 26.8 Å². The molecule has 0 aromatic carbocycles. The summed E-state index contributed by atoms with van der Waals surface area (Å²) >= 11 is 0. The van der Waals surface area contributed by atoms with E-state index in [-0.39, 0.29) is 0 Å². The number of imidazole rings is 1. The second-order valence-corrected chi connectivity index (χ2v) is 2.96. The molecule has 0 atom stereocenters. The van der Waals surface area contributed by atoms with E-state index in [1.165, 1.54) is 0 Å². The molecule has 0 aliphatic heterocycles. The Labute approximate surface area is 80.8 Å². The van der Waals surface area contributed by atoms with E-state index in [4.69, 9.17) is 14.7 Å². The molecule has 2 rings (SSSR count). The van der Waals surface area contributed by atoms with Gasteiger partial charge in [-0.05, 0) is 19.1 Å². The van der Waals surface area contributed by atoms with Crippen LogP contribution in [0.1, 0.15) is 5.69 Å². The Morgan fingerprint density at radius 2 is 2.14 bits per heavy atom. The Bertz CT molecular complexity index is 455. The lowest BCUT2D eigenvalue weighted by Gasteiger charge is -2.03. The standard InChI is InChI=1S/C8H9BN2O3/c1-6-4-11-5-7(14-9(12)13)2-3-8(11)10-6/h2-5,12-13H,1H3. The van der Waals surface area contributed by atoms with E-state index in [0.717, 1.165) is 11.3 Å². The second-order valence-electron chi connectivity index (χ2n) is 2.96. The highest BCUT2D eigenvalue weighted by Crippen LogP contribution is 2.13. The normalized spacial score (nSPS) is 10.5. The van der Waals surface area contributed by atoms with Crippen molar-refractivity contribution >= 4 is 13.0 Å². The van der Waals surface area contributed by atoms with E-state index in [2.05, 4.69) is 4.98 Å². The van der Waals surface area contributed by atoms with Crippen molar-refractivity contribution in [1.29, 1.82) is 0 Å². The molecule has 0 amide bonds. The quantitative estimate of drug-likeness (QED) is 0.656. The molecule has 0 radical (unpaired) electrons. The fourth-order valence-corrected chi connectivity index (χ4v) is 1.29. The van der Waals surface area contributed by atoms with Crippen molar-refractivity contribution in [1.82, 2.24) is 9.38 Å². The lowest BCUT2D eigenvalue weighted by Crippen LogP contribution is -2.20. The summed E-state index contributed by atoms with van der Waals surface area (Å²) in [5.41, 5.74) is 1.69. The minimum atomic E-state index is -1.79. The number of nitrogens with zero attached hydrogens (tertiary/aromatic N) is 2. The molecule has 0 saturated heterocycles. The van der Waals surface area contributed by atoms with Crippen molar-refractivity contribution in [2.45, 2.75) is 6.92 Å². The monoisotopic (exact) mass is 192 g/mol. The Hall–Kier alpha value is -1.53. The van der Waals surface area contributed by atoms with Crippen molar-refractivity contribution in [3.05, 3.63) is 30.2 Å². The highest BCUT2D eigenvalue weighted by molar-refractivity contribution is 6.33. The van der Waals surface area contributed by atoms with Crippen molar-refractivity contribution in [3.8, 4) is 5.75 Å². The molecule has 6 heteroatoms. The predicted octanol–water partition coefficient (Wildman–Crippen LogP) is -0.00898. The maximum Gasteiger partial charge on any atom is 0.707 e. The molecule has 14 heavy (non-hydrogen) atoms. The lowest BCUT2D eigenvalue weighted by molar-refractivity contribution is 0.287. The fraction of sp³-hybridized carbons (Fsp3) is 0.125. The molecule has 0 aliphatic rings. The number of fused-ring (bicyclic) bond motifs is 1. The van der Waals surface area contributed by atoms with E-state index >= 15 is 0 Å². The van der Waals surface area contributed by atoms with Crippen LogP contribution in [0.5, 0.6) is 5.75 Å². The summed E-state index contributed by atoms with van der Waals surface area (Å²) in [6, 6.07) is 3.37. The van der Waals surface area contributed by atoms with Gasteiger partial charge in [0.05, 0.1) is 11.9 Å². The van der Waals surface area contributed by atoms with Crippen LogP contribution in [0.3, 0.4) is 0 Å². The van der Waals surface area contributed by atoms with Crippen molar-refractivity contribution in [2.75, 3.05) is 0 Å². The van der Waals surface area contributed by atoms with Crippen molar-refractivity contribution in [3.63, 3.8) is 0 Å². The van der Waals surface area contributed by atoms with Gasteiger partial charge in [-0.1, -0.05) is 0 Å². The largest absolute Gasteiger partial charge is 0.707 e. The predicted molar refractivity (Wildman–Crippen MR) is 50.7 cm³/mol. The summed E-state index contributed by atoms with van der Waals surface area (Å²) in [6.07, 6.45) is 3.46. The topological polar surface area (TPSA) is 67.0 Å². The van der Waals surface area contributed by atoms with Gasteiger partial charge in [0.2, 0.25) is 0 Å². The van der Waals surface area contributed by atoms with Crippen LogP contribution < -0.4 is 4.65 Å². The molecule has 2 aromatic rings. The fourth-order valence-electron chi connectivity index (χ4n) is 1.29. The Kier molecular flexibility index (Phi) is 2.15. The number of rotatable bonds is 2. The lowest BCUT2D eigenvalue weighted by atomic mass is 10.2. The first-order chi connectivity index (χ1) is 6.65. The third-order valence-corrected chi connectivity index (χ3v) is 1.79. The van der Waals surface area contributed by atoms with Gasteiger partial charge in [0.1, 0.15) is 11.4 Å². The molecule has 0 fully saturated rings. The van der Waals surface area contributed by atoms with Gasteiger partial charge in [-0.3, -0.25) is 0 Å². The highest BCUT2D eigenvalue weighted by atomic mass is 16.6. The first-order valence-electron chi connectivity index (χ1n) is 4.13. The minimum absolute atomic E-state index is 0.380. The number of aryl methyl sites for hydroxylation is 1. The molecule has 2 heterocycles. The Morgan fingerprint density at radius 1 is 1.36 bits per heavy atom. The summed E-state index contributed by atoms with van der Waals surface area (Å²) in [7, 11) is -1.79. The van der Waals surface area contributed by atoms with E-state index in [1.54, 1.807) is 22.7 Å². The first kappa shape index (κ1) is 9.05. The molecule has 2 aromatic heterocycles. The van der Waals surface area contributed by atoms with Crippen LogP contribution >= 0.6 is 0 Å². The maximum absolute atomic E-state index is 8.59. The zero-order valence-electron chi connectivity index (χ0n) is 7.58.